The first-order valence-corrected chi connectivity index (χ1v) is 10.9. The second-order valence-electron chi connectivity index (χ2n) is 7.99. The highest BCUT2D eigenvalue weighted by atomic mass is 16.5. The zero-order valence-corrected chi connectivity index (χ0v) is 18.9. The summed E-state index contributed by atoms with van der Waals surface area (Å²) in [6, 6.07) is 17.1. The molecule has 2 N–H and O–H groups in total. The Morgan fingerprint density at radius 1 is 1.12 bits per heavy atom. The van der Waals surface area contributed by atoms with E-state index < -0.39 is 0 Å². The van der Waals surface area contributed by atoms with Crippen molar-refractivity contribution in [2.24, 2.45) is 7.05 Å². The van der Waals surface area contributed by atoms with Gasteiger partial charge in [0, 0.05) is 63.9 Å². The number of pyridine rings is 2. The van der Waals surface area contributed by atoms with E-state index in [1.807, 2.05) is 67.3 Å². The molecule has 0 aliphatic heterocycles. The lowest BCUT2D eigenvalue weighted by Crippen LogP contribution is -2.23. The van der Waals surface area contributed by atoms with Gasteiger partial charge >= 0.3 is 0 Å². The zero-order valence-electron chi connectivity index (χ0n) is 18.9. The van der Waals surface area contributed by atoms with Crippen LogP contribution in [-0.2, 0) is 13.6 Å². The fourth-order valence-electron chi connectivity index (χ4n) is 3.74. The first kappa shape index (κ1) is 21.3. The van der Waals surface area contributed by atoms with Crippen LogP contribution in [0.1, 0.15) is 24.3 Å². The number of aryl methyl sites for hydroxylation is 1. The molecule has 0 radical (unpaired) electrons. The Morgan fingerprint density at radius 3 is 2.88 bits per heavy atom. The molecule has 8 heteroatoms. The van der Waals surface area contributed by atoms with Crippen molar-refractivity contribution in [3.63, 3.8) is 0 Å². The molecule has 0 bridgehead atoms. The van der Waals surface area contributed by atoms with Crippen LogP contribution in [0.4, 0.5) is 11.5 Å². The highest BCUT2D eigenvalue weighted by Crippen LogP contribution is 2.28. The Hall–Kier alpha value is -4.59. The van der Waals surface area contributed by atoms with Gasteiger partial charge in [-0.2, -0.15) is 5.10 Å². The van der Waals surface area contributed by atoms with Crippen LogP contribution in [0.15, 0.2) is 85.6 Å². The van der Waals surface area contributed by atoms with E-state index in [0.29, 0.717) is 29.4 Å². The lowest BCUT2D eigenvalue weighted by Gasteiger charge is -2.13. The average molecular weight is 457 g/mol. The Bertz CT molecular complexity index is 1480. The van der Waals surface area contributed by atoms with Crippen molar-refractivity contribution < 1.29 is 12.4 Å². The minimum atomic E-state index is -0.146. The summed E-state index contributed by atoms with van der Waals surface area (Å²) in [7, 11) is 1.85. The zero-order chi connectivity index (χ0) is 23.5. The lowest BCUT2D eigenvalue weighted by atomic mass is 10.1. The number of benzene rings is 1. The Morgan fingerprint density at radius 2 is 2.03 bits per heavy atom. The number of hydrogen-bond acceptors (Lipinski definition) is 5. The van der Waals surface area contributed by atoms with Crippen molar-refractivity contribution in [1.29, 1.82) is 0 Å². The number of fused-ring (bicyclic) bond motifs is 1. The topological polar surface area (TPSA) is 85.5 Å². The second kappa shape index (κ2) is 9.11. The molecule has 0 saturated carbocycles. The molecule has 0 aliphatic carbocycles. The van der Waals surface area contributed by atoms with E-state index >= 15 is 0 Å². The molecule has 5 aromatic rings. The number of ether oxygens (including phenoxy) is 1. The van der Waals surface area contributed by atoms with Crippen LogP contribution in [0, 0.1) is 6.92 Å². The molecule has 4 aromatic heterocycles. The highest BCUT2D eigenvalue weighted by molar-refractivity contribution is 5.96. The van der Waals surface area contributed by atoms with Crippen LogP contribution in [0.25, 0.3) is 5.52 Å². The lowest BCUT2D eigenvalue weighted by molar-refractivity contribution is 0.0950. The molecule has 34 heavy (non-hydrogen) atoms. The summed E-state index contributed by atoms with van der Waals surface area (Å²) in [4.78, 5) is 17.2. The smallest absolute Gasteiger partial charge is 0.251 e. The summed E-state index contributed by atoms with van der Waals surface area (Å²) in [6.07, 6.45) is 9.23. The van der Waals surface area contributed by atoms with Gasteiger partial charge in [0.25, 0.3) is 5.91 Å². The van der Waals surface area contributed by atoms with E-state index in [1.165, 1.54) is 0 Å². The monoisotopic (exact) mass is 456 g/mol. The molecule has 8 nitrogen and oxygen atoms in total. The molecule has 4 heterocycles. The van der Waals surface area contributed by atoms with Crippen LogP contribution in [0.3, 0.4) is 0 Å². The van der Waals surface area contributed by atoms with Gasteiger partial charge in [0.2, 0.25) is 0 Å². The first-order chi connectivity index (χ1) is 16.5. The van der Waals surface area contributed by atoms with Crippen LogP contribution in [0.5, 0.6) is 11.5 Å². The summed E-state index contributed by atoms with van der Waals surface area (Å²) >= 11 is 0. The predicted molar refractivity (Wildman–Crippen MR) is 135 cm³/mol. The van der Waals surface area contributed by atoms with Gasteiger partial charge in [0.15, 0.2) is 0 Å². The van der Waals surface area contributed by atoms with Gasteiger partial charge < -0.3 is 19.8 Å². The van der Waals surface area contributed by atoms with Gasteiger partial charge in [-0.3, -0.25) is 9.48 Å². The third-order valence-corrected chi connectivity index (χ3v) is 5.51. The van der Waals surface area contributed by atoms with Crippen molar-refractivity contribution in [1.82, 2.24) is 24.5 Å². The molecular formula is C26H28N6O2. The molecule has 0 saturated heterocycles. The van der Waals surface area contributed by atoms with Crippen LogP contribution >= 0.6 is 0 Å². The predicted octanol–water partition coefficient (Wildman–Crippen LogP) is 5.33. The maximum atomic E-state index is 12.9. The molecule has 0 aliphatic rings. The van der Waals surface area contributed by atoms with Crippen LogP contribution in [-0.4, -0.2) is 25.1 Å². The van der Waals surface area contributed by atoms with Crippen LogP contribution in [0.2, 0.25) is 0 Å². The van der Waals surface area contributed by atoms with Gasteiger partial charge in [-0.1, -0.05) is 6.07 Å². The molecule has 5 rings (SSSR count). The number of rotatable bonds is 7. The summed E-state index contributed by atoms with van der Waals surface area (Å²) in [6.45, 7) is 2.33. The number of carbonyl (C=O) groups is 1. The van der Waals surface area contributed by atoms with Crippen molar-refractivity contribution in [2.75, 3.05) is 5.32 Å². The molecule has 1 amide bonds. The Balaban J connectivity index is 0.00000180. The van der Waals surface area contributed by atoms with E-state index in [0.717, 1.165) is 22.3 Å². The van der Waals surface area contributed by atoms with Gasteiger partial charge in [-0.25, -0.2) is 4.98 Å². The van der Waals surface area contributed by atoms with Crippen molar-refractivity contribution >= 4 is 22.9 Å². The highest BCUT2D eigenvalue weighted by Gasteiger charge is 2.13. The largest absolute Gasteiger partial charge is 0.457 e. The Labute approximate surface area is 199 Å². The van der Waals surface area contributed by atoms with Crippen molar-refractivity contribution in [3.8, 4) is 11.5 Å². The standard InChI is InChI=1S/C26H24N6O2.2H2/c1-18-23(26(33)28-15-19-9-12-32-11-4-5-21(32)13-19)6-3-7-24(18)34-22-8-10-27-25(14-22)30-20-16-29-31(2)17-20;;/h3-14,16-17H,15H2,1-2H3,(H,27,30)(H,28,33);2*1H. The average Bonchev–Trinajstić information content (AvgIpc) is 3.47. The molecule has 1 aromatic carbocycles. The maximum Gasteiger partial charge on any atom is 0.251 e. The number of nitrogens with zero attached hydrogens (tertiary/aromatic N) is 4. The normalized spacial score (nSPS) is 10.9. The summed E-state index contributed by atoms with van der Waals surface area (Å²) in [5.74, 6) is 1.72. The quantitative estimate of drug-likeness (QED) is 0.346. The molecule has 0 atom stereocenters. The fraction of sp³-hybridized carbons (Fsp3) is 0.115. The summed E-state index contributed by atoms with van der Waals surface area (Å²) in [5.41, 5.74) is 4.30. The molecule has 0 fully saturated rings. The maximum absolute atomic E-state index is 12.9. The van der Waals surface area contributed by atoms with Gasteiger partial charge in [0.1, 0.15) is 17.3 Å². The number of amides is 1. The van der Waals surface area contributed by atoms with E-state index in [9.17, 15) is 4.79 Å². The fourth-order valence-corrected chi connectivity index (χ4v) is 3.74. The van der Waals surface area contributed by atoms with E-state index in [4.69, 9.17) is 4.74 Å². The second-order valence-corrected chi connectivity index (χ2v) is 7.99. The molecule has 0 unspecified atom stereocenters. The van der Waals surface area contributed by atoms with E-state index in [2.05, 4.69) is 26.8 Å². The number of aromatic nitrogens is 4. The van der Waals surface area contributed by atoms with Gasteiger partial charge in [-0.15, -0.1) is 0 Å². The summed E-state index contributed by atoms with van der Waals surface area (Å²) in [5, 5.41) is 10.3. The number of carbonyl (C=O) groups excluding carboxylic acids is 1. The van der Waals surface area contributed by atoms with Gasteiger partial charge in [0.05, 0.1) is 11.9 Å². The third-order valence-electron chi connectivity index (χ3n) is 5.51. The number of nitrogens with one attached hydrogen (secondary N) is 2. The van der Waals surface area contributed by atoms with Gasteiger partial charge in [-0.05, 0) is 55.0 Å². The molecular weight excluding hydrogens is 428 g/mol. The van der Waals surface area contributed by atoms with E-state index in [-0.39, 0.29) is 8.76 Å². The van der Waals surface area contributed by atoms with Crippen molar-refractivity contribution in [2.45, 2.75) is 13.5 Å². The third kappa shape index (κ3) is 4.61. The van der Waals surface area contributed by atoms with E-state index in [1.54, 1.807) is 35.3 Å². The minimum absolute atomic E-state index is 0. The van der Waals surface area contributed by atoms with Crippen molar-refractivity contribution in [3.05, 3.63) is 102 Å². The Kier molecular flexibility index (Phi) is 5.70. The van der Waals surface area contributed by atoms with Crippen LogP contribution < -0.4 is 15.4 Å². The number of hydrogen-bond donors (Lipinski definition) is 2. The number of anilines is 2. The SMILES string of the molecule is Cc1c(Oc2ccnc(Nc3cnn(C)c3)c2)cccc1C(=O)NCc1ccn2cccc2c1.[HH].[HH]. The summed E-state index contributed by atoms with van der Waals surface area (Å²) < 4.78 is 9.85. The molecule has 174 valence electrons. The minimum Gasteiger partial charge on any atom is -0.457 e. The molecule has 0 spiro atoms. The first-order valence-electron chi connectivity index (χ1n) is 10.9.